The number of sulfonamides is 1. The van der Waals surface area contributed by atoms with Crippen molar-refractivity contribution in [2.45, 2.75) is 32.2 Å². The van der Waals surface area contributed by atoms with Crippen LogP contribution in [0, 0.1) is 20.8 Å². The molecule has 0 aliphatic heterocycles. The number of pyridine rings is 1. The number of aromatic amines is 1. The summed E-state index contributed by atoms with van der Waals surface area (Å²) in [5.74, 6) is 0. The molecule has 0 bridgehead atoms. The molecule has 2 aromatic carbocycles. The standard InChI is InChI=1S/C20H21N3O4S/c1-12-4-8-17(9-5-12)28(26,27)23-20(25)21-11-16-10-15-7-6-13(2)14(3)18(15)22-19(16)24/h4-10H,11H2,1-3H3,(H,22,24)(H2,21,23,25). The zero-order valence-corrected chi connectivity index (χ0v) is 16.6. The fourth-order valence-electron chi connectivity index (χ4n) is 2.81. The van der Waals surface area contributed by atoms with Gasteiger partial charge in [-0.2, -0.15) is 0 Å². The van der Waals surface area contributed by atoms with Crippen LogP contribution in [0.5, 0.6) is 0 Å². The van der Waals surface area contributed by atoms with Crippen LogP contribution in [-0.2, 0) is 16.6 Å². The van der Waals surface area contributed by atoms with Gasteiger partial charge in [0.25, 0.3) is 15.6 Å². The van der Waals surface area contributed by atoms with Gasteiger partial charge in [-0.25, -0.2) is 17.9 Å². The molecule has 2 amide bonds. The second-order valence-electron chi connectivity index (χ2n) is 6.70. The van der Waals surface area contributed by atoms with Crippen LogP contribution in [0.4, 0.5) is 4.79 Å². The Labute approximate surface area is 162 Å². The van der Waals surface area contributed by atoms with Crippen molar-refractivity contribution < 1.29 is 13.2 Å². The third kappa shape index (κ3) is 4.07. The fraction of sp³-hybridized carbons (Fsp3) is 0.200. The number of urea groups is 1. The summed E-state index contributed by atoms with van der Waals surface area (Å²) in [7, 11) is -3.98. The van der Waals surface area contributed by atoms with Crippen molar-refractivity contribution in [1.29, 1.82) is 0 Å². The maximum Gasteiger partial charge on any atom is 0.328 e. The van der Waals surface area contributed by atoms with E-state index < -0.39 is 16.1 Å². The summed E-state index contributed by atoms with van der Waals surface area (Å²) in [6.07, 6.45) is 0. The number of benzene rings is 2. The van der Waals surface area contributed by atoms with Gasteiger partial charge in [0.05, 0.1) is 17.0 Å². The maximum atomic E-state index is 12.3. The molecule has 0 saturated heterocycles. The Bertz CT molecular complexity index is 1210. The van der Waals surface area contributed by atoms with Gasteiger partial charge in [-0.15, -0.1) is 0 Å². The van der Waals surface area contributed by atoms with E-state index in [2.05, 4.69) is 10.3 Å². The molecule has 3 N–H and O–H groups in total. The lowest BCUT2D eigenvalue weighted by Gasteiger charge is -2.10. The second kappa shape index (κ2) is 7.47. The number of rotatable bonds is 4. The Morgan fingerprint density at radius 3 is 2.39 bits per heavy atom. The average Bonchev–Trinajstić information content (AvgIpc) is 2.64. The third-order valence-corrected chi connectivity index (χ3v) is 5.97. The highest BCUT2D eigenvalue weighted by atomic mass is 32.2. The molecule has 1 aromatic heterocycles. The molecule has 0 aliphatic carbocycles. The van der Waals surface area contributed by atoms with E-state index in [9.17, 15) is 18.0 Å². The topological polar surface area (TPSA) is 108 Å². The van der Waals surface area contributed by atoms with E-state index in [1.54, 1.807) is 18.2 Å². The normalized spacial score (nSPS) is 11.4. The first-order valence-electron chi connectivity index (χ1n) is 8.67. The largest absolute Gasteiger partial charge is 0.333 e. The van der Waals surface area contributed by atoms with Crippen molar-refractivity contribution in [3.8, 4) is 0 Å². The van der Waals surface area contributed by atoms with Gasteiger partial charge < -0.3 is 10.3 Å². The number of carbonyl (C=O) groups is 1. The van der Waals surface area contributed by atoms with Crippen LogP contribution >= 0.6 is 0 Å². The van der Waals surface area contributed by atoms with Crippen LogP contribution in [0.25, 0.3) is 10.9 Å². The maximum absolute atomic E-state index is 12.3. The van der Waals surface area contributed by atoms with Crippen LogP contribution in [0.1, 0.15) is 22.3 Å². The van der Waals surface area contributed by atoms with Crippen LogP contribution in [0.2, 0.25) is 0 Å². The number of hydrogen-bond acceptors (Lipinski definition) is 4. The molecule has 0 radical (unpaired) electrons. The lowest BCUT2D eigenvalue weighted by Crippen LogP contribution is -2.39. The molecule has 7 nitrogen and oxygen atoms in total. The minimum atomic E-state index is -3.98. The highest BCUT2D eigenvalue weighted by Gasteiger charge is 2.17. The number of aryl methyl sites for hydroxylation is 3. The number of H-pyrrole nitrogens is 1. The average molecular weight is 399 g/mol. The van der Waals surface area contributed by atoms with E-state index in [1.165, 1.54) is 12.1 Å². The minimum absolute atomic E-state index is 0.0114. The molecule has 146 valence electrons. The van der Waals surface area contributed by atoms with Gasteiger partial charge in [0.2, 0.25) is 0 Å². The van der Waals surface area contributed by atoms with Crippen LogP contribution in [0.15, 0.2) is 52.2 Å². The number of carbonyl (C=O) groups excluding carboxylic acids is 1. The van der Waals surface area contributed by atoms with Crippen molar-refractivity contribution >= 4 is 27.0 Å². The minimum Gasteiger partial charge on any atom is -0.333 e. The number of nitrogens with one attached hydrogen (secondary N) is 3. The molecule has 0 saturated carbocycles. The van der Waals surface area contributed by atoms with Gasteiger partial charge in [-0.05, 0) is 55.5 Å². The SMILES string of the molecule is Cc1ccc(S(=O)(=O)NC(=O)NCc2cc3ccc(C)c(C)c3[nH]c2=O)cc1. The van der Waals surface area contributed by atoms with Crippen molar-refractivity contribution in [3.05, 3.63) is 75.1 Å². The predicted octanol–water partition coefficient (Wildman–Crippen LogP) is 2.64. The first-order chi connectivity index (χ1) is 13.2. The van der Waals surface area contributed by atoms with E-state index in [-0.39, 0.29) is 17.0 Å². The highest BCUT2D eigenvalue weighted by Crippen LogP contribution is 2.18. The van der Waals surface area contributed by atoms with E-state index >= 15 is 0 Å². The zero-order valence-electron chi connectivity index (χ0n) is 15.8. The second-order valence-corrected chi connectivity index (χ2v) is 8.38. The van der Waals surface area contributed by atoms with Gasteiger partial charge in [0.1, 0.15) is 0 Å². The molecule has 8 heteroatoms. The molecule has 0 spiro atoms. The summed E-state index contributed by atoms with van der Waals surface area (Å²) in [6, 6.07) is 10.8. The Morgan fingerprint density at radius 2 is 1.71 bits per heavy atom. The molecule has 0 fully saturated rings. The number of aromatic nitrogens is 1. The molecular weight excluding hydrogens is 378 g/mol. The molecule has 0 aliphatic rings. The number of fused-ring (bicyclic) bond motifs is 1. The van der Waals surface area contributed by atoms with E-state index in [1.807, 2.05) is 37.6 Å². The Morgan fingerprint density at radius 1 is 1.04 bits per heavy atom. The van der Waals surface area contributed by atoms with E-state index in [0.29, 0.717) is 5.56 Å². The predicted molar refractivity (Wildman–Crippen MR) is 108 cm³/mol. The van der Waals surface area contributed by atoms with Crippen molar-refractivity contribution in [2.75, 3.05) is 0 Å². The lowest BCUT2D eigenvalue weighted by molar-refractivity contribution is 0.245. The summed E-state index contributed by atoms with van der Waals surface area (Å²) in [6.45, 7) is 5.62. The summed E-state index contributed by atoms with van der Waals surface area (Å²) in [4.78, 5) is 27.1. The van der Waals surface area contributed by atoms with Crippen LogP contribution < -0.4 is 15.6 Å². The van der Waals surface area contributed by atoms with Crippen molar-refractivity contribution in [3.63, 3.8) is 0 Å². The summed E-state index contributed by atoms with van der Waals surface area (Å²) in [5.41, 5.74) is 3.71. The van der Waals surface area contributed by atoms with Crippen molar-refractivity contribution in [2.24, 2.45) is 0 Å². The summed E-state index contributed by atoms with van der Waals surface area (Å²) in [5, 5.41) is 3.26. The van der Waals surface area contributed by atoms with Gasteiger partial charge in [-0.3, -0.25) is 4.79 Å². The Balaban J connectivity index is 1.74. The quantitative estimate of drug-likeness (QED) is 0.627. The van der Waals surface area contributed by atoms with Gasteiger partial charge in [0, 0.05) is 5.56 Å². The van der Waals surface area contributed by atoms with Gasteiger partial charge in [0.15, 0.2) is 0 Å². The Kier molecular flexibility index (Phi) is 5.24. The third-order valence-electron chi connectivity index (χ3n) is 4.63. The van der Waals surface area contributed by atoms with Crippen LogP contribution in [0.3, 0.4) is 0 Å². The summed E-state index contributed by atoms with van der Waals surface area (Å²) >= 11 is 0. The Hall–Kier alpha value is -3.13. The molecule has 1 heterocycles. The lowest BCUT2D eigenvalue weighted by atomic mass is 10.0. The smallest absolute Gasteiger partial charge is 0.328 e. The highest BCUT2D eigenvalue weighted by molar-refractivity contribution is 7.90. The zero-order chi connectivity index (χ0) is 20.5. The number of hydrogen-bond donors (Lipinski definition) is 3. The number of amides is 2. The van der Waals surface area contributed by atoms with Gasteiger partial charge >= 0.3 is 6.03 Å². The fourth-order valence-corrected chi connectivity index (χ4v) is 3.74. The first kappa shape index (κ1) is 19.6. The van der Waals surface area contributed by atoms with Gasteiger partial charge in [-0.1, -0.05) is 29.8 Å². The molecule has 3 rings (SSSR count). The first-order valence-corrected chi connectivity index (χ1v) is 10.1. The van der Waals surface area contributed by atoms with E-state index in [4.69, 9.17) is 0 Å². The monoisotopic (exact) mass is 399 g/mol. The molecule has 0 atom stereocenters. The van der Waals surface area contributed by atoms with Crippen molar-refractivity contribution in [1.82, 2.24) is 15.0 Å². The molecule has 28 heavy (non-hydrogen) atoms. The van der Waals surface area contributed by atoms with Crippen LogP contribution in [-0.4, -0.2) is 19.4 Å². The molecule has 0 unspecified atom stereocenters. The molecule has 3 aromatic rings. The van der Waals surface area contributed by atoms with E-state index in [0.717, 1.165) is 27.6 Å². The summed E-state index contributed by atoms with van der Waals surface area (Å²) < 4.78 is 26.4. The molecular formula is C20H21N3O4S.